The molecule has 5 heteroatoms. The number of anilines is 1. The summed E-state index contributed by atoms with van der Waals surface area (Å²) < 4.78 is 27.6. The third-order valence-electron chi connectivity index (χ3n) is 2.43. The van der Waals surface area contributed by atoms with Crippen LogP contribution < -0.4 is 5.32 Å². The average molecular weight is 333 g/mol. The fourth-order valence-corrected chi connectivity index (χ4v) is 2.12. The SMILES string of the molecule is Fc1cccc(F)c1NCc1cc(Br)ccc1Cl. The third kappa shape index (κ3) is 3.00. The molecule has 0 amide bonds. The van der Waals surface area contributed by atoms with Crippen LogP contribution in [0.4, 0.5) is 14.5 Å². The Kier molecular flexibility index (Phi) is 4.19. The van der Waals surface area contributed by atoms with Crippen molar-refractivity contribution in [3.63, 3.8) is 0 Å². The molecule has 0 heterocycles. The third-order valence-corrected chi connectivity index (χ3v) is 3.29. The Labute approximate surface area is 117 Å². The molecule has 0 atom stereocenters. The number of hydrogen-bond acceptors (Lipinski definition) is 1. The molecule has 0 radical (unpaired) electrons. The molecule has 0 saturated carbocycles. The molecule has 0 fully saturated rings. The molecule has 0 unspecified atom stereocenters. The van der Waals surface area contributed by atoms with E-state index in [0.717, 1.165) is 10.0 Å². The Morgan fingerprint density at radius 2 is 1.78 bits per heavy atom. The molecular formula is C13H9BrClF2N. The van der Waals surface area contributed by atoms with Crippen LogP contribution in [0.1, 0.15) is 5.56 Å². The fourth-order valence-electron chi connectivity index (χ4n) is 1.53. The predicted molar refractivity (Wildman–Crippen MR) is 72.8 cm³/mol. The first-order chi connectivity index (χ1) is 8.58. The predicted octanol–water partition coefficient (Wildman–Crippen LogP) is 4.99. The van der Waals surface area contributed by atoms with Gasteiger partial charge in [-0.3, -0.25) is 0 Å². The quantitative estimate of drug-likeness (QED) is 0.834. The second-order valence-corrected chi connectivity index (χ2v) is 5.01. The van der Waals surface area contributed by atoms with Crippen molar-refractivity contribution in [1.82, 2.24) is 0 Å². The zero-order valence-corrected chi connectivity index (χ0v) is 11.5. The topological polar surface area (TPSA) is 12.0 Å². The first-order valence-corrected chi connectivity index (χ1v) is 6.37. The van der Waals surface area contributed by atoms with Crippen molar-refractivity contribution in [3.8, 4) is 0 Å². The Hall–Kier alpha value is -1.13. The minimum atomic E-state index is -0.624. The maximum Gasteiger partial charge on any atom is 0.149 e. The van der Waals surface area contributed by atoms with Crippen LogP contribution in [0.25, 0.3) is 0 Å². The summed E-state index contributed by atoms with van der Waals surface area (Å²) in [5, 5.41) is 3.25. The van der Waals surface area contributed by atoms with E-state index in [2.05, 4.69) is 21.2 Å². The van der Waals surface area contributed by atoms with E-state index in [0.29, 0.717) is 5.02 Å². The van der Waals surface area contributed by atoms with Gasteiger partial charge in [0.25, 0.3) is 0 Å². The van der Waals surface area contributed by atoms with Gasteiger partial charge in [0.2, 0.25) is 0 Å². The molecule has 1 N–H and O–H groups in total. The van der Waals surface area contributed by atoms with E-state index in [1.807, 2.05) is 0 Å². The largest absolute Gasteiger partial charge is 0.376 e. The van der Waals surface area contributed by atoms with Gasteiger partial charge in [0.05, 0.1) is 0 Å². The van der Waals surface area contributed by atoms with Gasteiger partial charge in [-0.2, -0.15) is 0 Å². The summed E-state index contributed by atoms with van der Waals surface area (Å²) in [6.45, 7) is 0.246. The molecule has 0 aromatic heterocycles. The molecule has 0 bridgehead atoms. The van der Waals surface area contributed by atoms with Crippen LogP contribution in [-0.2, 0) is 6.54 Å². The van der Waals surface area contributed by atoms with Gasteiger partial charge in [-0.15, -0.1) is 0 Å². The summed E-state index contributed by atoms with van der Waals surface area (Å²) in [5.41, 5.74) is 0.613. The van der Waals surface area contributed by atoms with Crippen molar-refractivity contribution in [2.75, 3.05) is 5.32 Å². The molecule has 2 rings (SSSR count). The van der Waals surface area contributed by atoms with Gasteiger partial charge in [0.1, 0.15) is 17.3 Å². The van der Waals surface area contributed by atoms with E-state index in [-0.39, 0.29) is 12.2 Å². The molecule has 1 nitrogen and oxygen atoms in total. The lowest BCUT2D eigenvalue weighted by atomic mass is 10.2. The smallest absolute Gasteiger partial charge is 0.149 e. The summed E-state index contributed by atoms with van der Waals surface area (Å²) in [5.74, 6) is -1.25. The van der Waals surface area contributed by atoms with Gasteiger partial charge < -0.3 is 5.32 Å². The van der Waals surface area contributed by atoms with Crippen LogP contribution in [0.5, 0.6) is 0 Å². The van der Waals surface area contributed by atoms with E-state index in [1.165, 1.54) is 18.2 Å². The van der Waals surface area contributed by atoms with Crippen LogP contribution in [-0.4, -0.2) is 0 Å². The van der Waals surface area contributed by atoms with Crippen molar-refractivity contribution < 1.29 is 8.78 Å². The van der Waals surface area contributed by atoms with Crippen LogP contribution in [0.3, 0.4) is 0 Å². The first-order valence-electron chi connectivity index (χ1n) is 5.20. The maximum absolute atomic E-state index is 13.4. The highest BCUT2D eigenvalue weighted by atomic mass is 79.9. The maximum atomic E-state index is 13.4. The number of para-hydroxylation sites is 1. The van der Waals surface area contributed by atoms with Crippen LogP contribution >= 0.6 is 27.5 Å². The lowest BCUT2D eigenvalue weighted by Crippen LogP contribution is -2.04. The Bertz CT molecular complexity index is 555. The van der Waals surface area contributed by atoms with Crippen molar-refractivity contribution in [1.29, 1.82) is 0 Å². The molecule has 0 saturated heterocycles. The average Bonchev–Trinajstić information content (AvgIpc) is 2.33. The van der Waals surface area contributed by atoms with Gasteiger partial charge in [0.15, 0.2) is 0 Å². The Morgan fingerprint density at radius 1 is 1.11 bits per heavy atom. The zero-order chi connectivity index (χ0) is 13.1. The van der Waals surface area contributed by atoms with Crippen molar-refractivity contribution in [2.24, 2.45) is 0 Å². The van der Waals surface area contributed by atoms with Gasteiger partial charge >= 0.3 is 0 Å². The summed E-state index contributed by atoms with van der Waals surface area (Å²) in [6.07, 6.45) is 0. The van der Waals surface area contributed by atoms with Crippen molar-refractivity contribution in [2.45, 2.75) is 6.54 Å². The number of rotatable bonds is 3. The first kappa shape index (κ1) is 13.3. The van der Waals surface area contributed by atoms with Crippen LogP contribution in [0.15, 0.2) is 40.9 Å². The van der Waals surface area contributed by atoms with Gasteiger partial charge in [0, 0.05) is 16.0 Å². The lowest BCUT2D eigenvalue weighted by molar-refractivity contribution is 0.588. The molecule has 0 aliphatic carbocycles. The van der Waals surface area contributed by atoms with Crippen molar-refractivity contribution in [3.05, 3.63) is 63.1 Å². The van der Waals surface area contributed by atoms with Crippen LogP contribution in [0, 0.1) is 11.6 Å². The highest BCUT2D eigenvalue weighted by Crippen LogP contribution is 2.24. The monoisotopic (exact) mass is 331 g/mol. The zero-order valence-electron chi connectivity index (χ0n) is 9.18. The summed E-state index contributed by atoms with van der Waals surface area (Å²) in [4.78, 5) is 0. The van der Waals surface area contributed by atoms with E-state index < -0.39 is 11.6 Å². The van der Waals surface area contributed by atoms with E-state index >= 15 is 0 Å². The number of hydrogen-bond donors (Lipinski definition) is 1. The number of nitrogens with one attached hydrogen (secondary N) is 1. The van der Waals surface area contributed by atoms with Gasteiger partial charge in [-0.1, -0.05) is 33.6 Å². The van der Waals surface area contributed by atoms with E-state index in [1.54, 1.807) is 18.2 Å². The van der Waals surface area contributed by atoms with E-state index in [4.69, 9.17) is 11.6 Å². The molecule has 0 aliphatic rings. The minimum Gasteiger partial charge on any atom is -0.376 e. The standard InChI is InChI=1S/C13H9BrClF2N/c14-9-4-5-10(15)8(6-9)7-18-13-11(16)2-1-3-12(13)17/h1-6,18H,7H2. The highest BCUT2D eigenvalue weighted by Gasteiger charge is 2.08. The van der Waals surface area contributed by atoms with Crippen molar-refractivity contribution >= 4 is 33.2 Å². The highest BCUT2D eigenvalue weighted by molar-refractivity contribution is 9.10. The Morgan fingerprint density at radius 3 is 2.44 bits per heavy atom. The van der Waals surface area contributed by atoms with Crippen LogP contribution in [0.2, 0.25) is 5.02 Å². The number of halogens is 4. The summed E-state index contributed by atoms with van der Waals surface area (Å²) >= 11 is 9.31. The van der Waals surface area contributed by atoms with Gasteiger partial charge in [-0.25, -0.2) is 8.78 Å². The molecular weight excluding hydrogens is 324 g/mol. The molecule has 18 heavy (non-hydrogen) atoms. The molecule has 0 aliphatic heterocycles. The summed E-state index contributed by atoms with van der Waals surface area (Å²) in [7, 11) is 0. The molecule has 2 aromatic rings. The summed E-state index contributed by atoms with van der Waals surface area (Å²) in [6, 6.07) is 9.05. The molecule has 94 valence electrons. The Balaban J connectivity index is 2.19. The lowest BCUT2D eigenvalue weighted by Gasteiger charge is -2.10. The molecule has 2 aromatic carbocycles. The minimum absolute atomic E-state index is 0.145. The fraction of sp³-hybridized carbons (Fsp3) is 0.0769. The second kappa shape index (κ2) is 5.67. The molecule has 0 spiro atoms. The van der Waals surface area contributed by atoms with E-state index in [9.17, 15) is 8.78 Å². The normalized spacial score (nSPS) is 10.4. The second-order valence-electron chi connectivity index (χ2n) is 3.69. The van der Waals surface area contributed by atoms with Gasteiger partial charge in [-0.05, 0) is 35.9 Å². The number of benzene rings is 2.